The lowest BCUT2D eigenvalue weighted by Crippen LogP contribution is -2.48. The molecule has 1 amide bonds. The van der Waals surface area contributed by atoms with E-state index in [0.717, 1.165) is 23.2 Å². The van der Waals surface area contributed by atoms with Gasteiger partial charge in [0.05, 0.1) is 4.90 Å². The monoisotopic (exact) mass is 475 g/mol. The lowest BCUT2D eigenvalue weighted by atomic mass is 10.1. The van der Waals surface area contributed by atoms with Crippen molar-refractivity contribution >= 4 is 21.6 Å². The van der Waals surface area contributed by atoms with Gasteiger partial charge in [-0.3, -0.25) is 9.69 Å². The van der Waals surface area contributed by atoms with E-state index in [0.29, 0.717) is 49.7 Å². The summed E-state index contributed by atoms with van der Waals surface area (Å²) >= 11 is 0. The first-order chi connectivity index (χ1) is 16.4. The van der Waals surface area contributed by atoms with Gasteiger partial charge in [-0.2, -0.15) is 4.31 Å². The van der Waals surface area contributed by atoms with E-state index >= 15 is 0 Å². The summed E-state index contributed by atoms with van der Waals surface area (Å²) in [6, 6.07) is 22.9. The van der Waals surface area contributed by atoms with Gasteiger partial charge in [-0.05, 0) is 54.8 Å². The van der Waals surface area contributed by atoms with Gasteiger partial charge in [0.25, 0.3) is 5.91 Å². The molecule has 0 saturated carbocycles. The van der Waals surface area contributed by atoms with Crippen molar-refractivity contribution in [1.82, 2.24) is 9.21 Å². The number of benzene rings is 3. The molecule has 1 fully saturated rings. The van der Waals surface area contributed by atoms with Crippen molar-refractivity contribution in [1.29, 1.82) is 0 Å². The first-order valence-corrected chi connectivity index (χ1v) is 13.1. The highest BCUT2D eigenvalue weighted by Gasteiger charge is 2.29. The van der Waals surface area contributed by atoms with Crippen molar-refractivity contribution in [3.8, 4) is 0 Å². The smallest absolute Gasteiger partial charge is 0.258 e. The van der Waals surface area contributed by atoms with Crippen LogP contribution in [0.25, 0.3) is 0 Å². The van der Waals surface area contributed by atoms with Crippen molar-refractivity contribution in [3.63, 3.8) is 0 Å². The van der Waals surface area contributed by atoms with Crippen LogP contribution in [-0.4, -0.2) is 56.3 Å². The largest absolute Gasteiger partial charge is 0.308 e. The highest BCUT2D eigenvalue weighted by atomic mass is 32.2. The number of nitrogens with zero attached hydrogens (tertiary/aromatic N) is 3. The quantitative estimate of drug-likeness (QED) is 0.565. The summed E-state index contributed by atoms with van der Waals surface area (Å²) in [5, 5.41) is 0. The van der Waals surface area contributed by atoms with Crippen molar-refractivity contribution < 1.29 is 13.2 Å². The topological polar surface area (TPSA) is 60.9 Å². The maximum Gasteiger partial charge on any atom is 0.258 e. The van der Waals surface area contributed by atoms with Crippen LogP contribution in [0, 0.1) is 6.92 Å². The molecule has 7 heteroatoms. The highest BCUT2D eigenvalue weighted by molar-refractivity contribution is 7.89. The van der Waals surface area contributed by atoms with Crippen LogP contribution in [0.3, 0.4) is 0 Å². The third-order valence-corrected chi connectivity index (χ3v) is 8.62. The summed E-state index contributed by atoms with van der Waals surface area (Å²) < 4.78 is 27.5. The molecule has 0 N–H and O–H groups in total. The highest BCUT2D eigenvalue weighted by Crippen LogP contribution is 2.29. The van der Waals surface area contributed by atoms with E-state index in [9.17, 15) is 13.2 Å². The molecule has 1 saturated heterocycles. The van der Waals surface area contributed by atoms with Crippen molar-refractivity contribution in [2.45, 2.75) is 24.8 Å². The number of hydrogen-bond acceptors (Lipinski definition) is 4. The van der Waals surface area contributed by atoms with Crippen molar-refractivity contribution in [2.75, 3.05) is 37.6 Å². The van der Waals surface area contributed by atoms with Crippen molar-refractivity contribution in [3.05, 3.63) is 95.1 Å². The first kappa shape index (κ1) is 22.8. The van der Waals surface area contributed by atoms with Gasteiger partial charge in [0.2, 0.25) is 10.0 Å². The van der Waals surface area contributed by atoms with E-state index < -0.39 is 10.0 Å². The summed E-state index contributed by atoms with van der Waals surface area (Å²) in [6.07, 6.45) is 0.886. The molecule has 5 rings (SSSR count). The lowest BCUT2D eigenvalue weighted by Gasteiger charge is -2.34. The van der Waals surface area contributed by atoms with E-state index in [2.05, 4.69) is 11.0 Å². The van der Waals surface area contributed by atoms with Crippen LogP contribution < -0.4 is 4.90 Å². The number of carbonyl (C=O) groups excluding carboxylic acids is 1. The SMILES string of the molecule is Cc1ccc(S(=O)(=O)N2CCN(Cc3cccc(C(=O)N4CCc5ccccc54)c3)CC2)cc1. The van der Waals surface area contributed by atoms with E-state index in [4.69, 9.17) is 0 Å². The molecule has 0 unspecified atom stereocenters. The molecule has 2 aliphatic rings. The Bertz CT molecular complexity index is 1300. The molecule has 176 valence electrons. The Labute approximate surface area is 201 Å². The number of hydrogen-bond donors (Lipinski definition) is 0. The zero-order valence-corrected chi connectivity index (χ0v) is 20.2. The summed E-state index contributed by atoms with van der Waals surface area (Å²) in [4.78, 5) is 17.7. The predicted molar refractivity (Wildman–Crippen MR) is 133 cm³/mol. The van der Waals surface area contributed by atoms with E-state index in [1.54, 1.807) is 16.4 Å². The van der Waals surface area contributed by atoms with Gasteiger partial charge in [0.15, 0.2) is 0 Å². The maximum atomic E-state index is 13.2. The second-order valence-corrected chi connectivity index (χ2v) is 11.0. The molecule has 3 aromatic carbocycles. The predicted octanol–water partition coefficient (Wildman–Crippen LogP) is 3.70. The number of aryl methyl sites for hydroxylation is 1. The van der Waals surface area contributed by atoms with Gasteiger partial charge in [-0.1, -0.05) is 48.0 Å². The molecule has 0 atom stereocenters. The molecule has 3 aromatic rings. The minimum atomic E-state index is -3.47. The molecule has 0 radical (unpaired) electrons. The second-order valence-electron chi connectivity index (χ2n) is 9.03. The molecule has 0 bridgehead atoms. The molecular formula is C27H29N3O3S. The summed E-state index contributed by atoms with van der Waals surface area (Å²) in [5.74, 6) is 0.0285. The molecule has 0 aliphatic carbocycles. The first-order valence-electron chi connectivity index (χ1n) is 11.7. The van der Waals surface area contributed by atoms with Gasteiger partial charge < -0.3 is 4.90 Å². The van der Waals surface area contributed by atoms with Gasteiger partial charge in [0.1, 0.15) is 0 Å². The zero-order valence-electron chi connectivity index (χ0n) is 19.4. The number of rotatable bonds is 5. The summed E-state index contributed by atoms with van der Waals surface area (Å²) in [5.41, 5.74) is 5.01. The fraction of sp³-hybridized carbons (Fsp3) is 0.296. The maximum absolute atomic E-state index is 13.2. The number of para-hydroxylation sites is 1. The third-order valence-electron chi connectivity index (χ3n) is 6.70. The number of amides is 1. The van der Waals surface area contributed by atoms with Crippen molar-refractivity contribution in [2.24, 2.45) is 0 Å². The lowest BCUT2D eigenvalue weighted by molar-refractivity contribution is 0.0989. The Morgan fingerprint density at radius 1 is 0.853 bits per heavy atom. The average Bonchev–Trinajstić information content (AvgIpc) is 3.29. The number of fused-ring (bicyclic) bond motifs is 1. The molecule has 2 aliphatic heterocycles. The van der Waals surface area contributed by atoms with E-state index in [-0.39, 0.29) is 5.91 Å². The number of piperazine rings is 1. The molecule has 0 aromatic heterocycles. The molecule has 34 heavy (non-hydrogen) atoms. The number of carbonyl (C=O) groups is 1. The van der Waals surface area contributed by atoms with Gasteiger partial charge in [-0.25, -0.2) is 8.42 Å². The van der Waals surface area contributed by atoms with Crippen LogP contribution in [0.4, 0.5) is 5.69 Å². The van der Waals surface area contributed by atoms with Crippen LogP contribution in [0.2, 0.25) is 0 Å². The minimum absolute atomic E-state index is 0.0285. The Hall–Kier alpha value is -3.00. The Kier molecular flexibility index (Phi) is 6.25. The fourth-order valence-corrected chi connectivity index (χ4v) is 6.18. The number of sulfonamides is 1. The summed E-state index contributed by atoms with van der Waals surface area (Å²) in [7, 11) is -3.47. The third kappa shape index (κ3) is 4.51. The molecule has 0 spiro atoms. The standard InChI is InChI=1S/C27H29N3O3S/c1-21-9-11-25(12-10-21)34(32,33)29-17-15-28(16-18-29)20-22-5-4-7-24(19-22)27(31)30-14-13-23-6-2-3-8-26(23)30/h2-12,19H,13-18,20H2,1H3. The molecular weight excluding hydrogens is 446 g/mol. The Morgan fingerprint density at radius 3 is 2.35 bits per heavy atom. The summed E-state index contributed by atoms with van der Waals surface area (Å²) in [6.45, 7) is 5.57. The fourth-order valence-electron chi connectivity index (χ4n) is 4.75. The van der Waals surface area contributed by atoms with Crippen LogP contribution in [-0.2, 0) is 23.0 Å². The second kappa shape index (κ2) is 9.33. The normalized spacial score (nSPS) is 17.0. The molecule has 6 nitrogen and oxygen atoms in total. The van der Waals surface area contributed by atoms with Crippen LogP contribution in [0.15, 0.2) is 77.7 Å². The average molecular weight is 476 g/mol. The van der Waals surface area contributed by atoms with Gasteiger partial charge >= 0.3 is 0 Å². The van der Waals surface area contributed by atoms with Crippen LogP contribution in [0.5, 0.6) is 0 Å². The van der Waals surface area contributed by atoms with E-state index in [1.807, 2.05) is 66.4 Å². The Balaban J connectivity index is 1.22. The number of anilines is 1. The Morgan fingerprint density at radius 2 is 1.59 bits per heavy atom. The van der Waals surface area contributed by atoms with Crippen LogP contribution in [0.1, 0.15) is 27.0 Å². The van der Waals surface area contributed by atoms with E-state index in [1.165, 1.54) is 5.56 Å². The zero-order chi connectivity index (χ0) is 23.7. The van der Waals surface area contributed by atoms with Crippen LogP contribution >= 0.6 is 0 Å². The van der Waals surface area contributed by atoms with Gasteiger partial charge in [-0.15, -0.1) is 0 Å². The molecule has 2 heterocycles. The minimum Gasteiger partial charge on any atom is -0.308 e. The van der Waals surface area contributed by atoms with Gasteiger partial charge in [0, 0.05) is 50.5 Å².